The smallest absolute Gasteiger partial charge is 0.294 e. The molecule has 11 heavy (non-hydrogen) atoms. The number of furan rings is 1. The minimum absolute atomic E-state index is 0.131. The minimum Gasteiger partial charge on any atom is -0.447 e. The number of hydrogen-bond acceptors (Lipinski definition) is 3. The Kier molecular flexibility index (Phi) is 2.47. The summed E-state index contributed by atoms with van der Waals surface area (Å²) in [6.45, 7) is 0. The Morgan fingerprint density at radius 2 is 2.09 bits per heavy atom. The molecule has 0 aromatic carbocycles. The Bertz CT molecular complexity index is 340. The zero-order valence-electron chi connectivity index (χ0n) is 5.25. The van der Waals surface area contributed by atoms with Gasteiger partial charge in [0.05, 0.1) is 5.88 Å². The van der Waals surface area contributed by atoms with Gasteiger partial charge in [0.25, 0.3) is 9.05 Å². The normalized spacial score (nSPS) is 11.8. The van der Waals surface area contributed by atoms with Gasteiger partial charge in [0.1, 0.15) is 5.76 Å². The van der Waals surface area contributed by atoms with Crippen LogP contribution < -0.4 is 0 Å². The van der Waals surface area contributed by atoms with Gasteiger partial charge >= 0.3 is 0 Å². The van der Waals surface area contributed by atoms with Crippen molar-refractivity contribution in [2.24, 2.45) is 0 Å². The van der Waals surface area contributed by atoms with E-state index in [2.05, 4.69) is 0 Å². The van der Waals surface area contributed by atoms with Crippen LogP contribution in [0.2, 0.25) is 0 Å². The quantitative estimate of drug-likeness (QED) is 0.559. The molecule has 0 aliphatic heterocycles. The van der Waals surface area contributed by atoms with Gasteiger partial charge in [0.2, 0.25) is 5.09 Å². The zero-order chi connectivity index (χ0) is 8.48. The molecule has 0 spiro atoms. The summed E-state index contributed by atoms with van der Waals surface area (Å²) in [7, 11) is 1.22. The largest absolute Gasteiger partial charge is 0.447 e. The van der Waals surface area contributed by atoms with Gasteiger partial charge in [0, 0.05) is 10.7 Å². The molecule has 3 nitrogen and oxygen atoms in total. The highest BCUT2D eigenvalue weighted by Gasteiger charge is 2.14. The van der Waals surface area contributed by atoms with E-state index in [1.54, 1.807) is 0 Å². The van der Waals surface area contributed by atoms with Crippen LogP contribution in [0.4, 0.5) is 0 Å². The summed E-state index contributed by atoms with van der Waals surface area (Å²) < 4.78 is 25.9. The predicted octanol–water partition coefficient (Wildman–Crippen LogP) is 1.95. The SMILES string of the molecule is O=S(=O)(Cl)c1ccc(CCl)o1. The second-order valence-electron chi connectivity index (χ2n) is 1.79. The average Bonchev–Trinajstić information content (AvgIpc) is 2.32. The molecule has 0 aliphatic carbocycles. The maximum Gasteiger partial charge on any atom is 0.294 e. The fourth-order valence-corrected chi connectivity index (χ4v) is 1.39. The lowest BCUT2D eigenvalue weighted by Gasteiger charge is -1.87. The Labute approximate surface area is 73.3 Å². The second kappa shape index (κ2) is 3.05. The van der Waals surface area contributed by atoms with Crippen molar-refractivity contribution >= 4 is 31.3 Å². The average molecular weight is 215 g/mol. The Morgan fingerprint density at radius 1 is 1.45 bits per heavy atom. The van der Waals surface area contributed by atoms with E-state index < -0.39 is 9.05 Å². The van der Waals surface area contributed by atoms with Crippen LogP contribution in [0.5, 0.6) is 0 Å². The number of rotatable bonds is 2. The lowest BCUT2D eigenvalue weighted by atomic mass is 10.5. The molecule has 1 aromatic heterocycles. The molecule has 0 N–H and O–H groups in total. The van der Waals surface area contributed by atoms with Crippen LogP contribution in [0.1, 0.15) is 5.76 Å². The topological polar surface area (TPSA) is 47.3 Å². The summed E-state index contributed by atoms with van der Waals surface area (Å²) in [5.74, 6) is 0.512. The van der Waals surface area contributed by atoms with Crippen LogP contribution in [0, 0.1) is 0 Å². The molecule has 0 saturated carbocycles. The van der Waals surface area contributed by atoms with E-state index in [4.69, 9.17) is 26.7 Å². The molecular weight excluding hydrogens is 211 g/mol. The van der Waals surface area contributed by atoms with Crippen LogP contribution in [0.3, 0.4) is 0 Å². The Hall–Kier alpha value is -0.190. The third-order valence-corrected chi connectivity index (χ3v) is 2.43. The molecule has 0 unspecified atom stereocenters. The predicted molar refractivity (Wildman–Crippen MR) is 41.3 cm³/mol. The summed E-state index contributed by atoms with van der Waals surface area (Å²) in [6.07, 6.45) is 0. The zero-order valence-corrected chi connectivity index (χ0v) is 7.58. The first kappa shape index (κ1) is 8.90. The molecule has 0 amide bonds. The maximum absolute atomic E-state index is 10.6. The summed E-state index contributed by atoms with van der Waals surface area (Å²) in [5, 5.41) is -0.269. The molecule has 0 atom stereocenters. The molecule has 0 fully saturated rings. The molecule has 62 valence electrons. The van der Waals surface area contributed by atoms with Crippen molar-refractivity contribution in [3.05, 3.63) is 17.9 Å². The van der Waals surface area contributed by atoms with Crippen molar-refractivity contribution < 1.29 is 12.8 Å². The van der Waals surface area contributed by atoms with Crippen molar-refractivity contribution in [3.8, 4) is 0 Å². The fraction of sp³-hybridized carbons (Fsp3) is 0.200. The molecule has 0 bridgehead atoms. The summed E-state index contributed by atoms with van der Waals surface area (Å²) in [5.41, 5.74) is 0. The first-order valence-corrected chi connectivity index (χ1v) is 5.48. The number of alkyl halides is 1. The lowest BCUT2D eigenvalue weighted by Crippen LogP contribution is -1.85. The van der Waals surface area contributed by atoms with Gasteiger partial charge in [-0.3, -0.25) is 0 Å². The van der Waals surface area contributed by atoms with Gasteiger partial charge < -0.3 is 4.42 Å². The second-order valence-corrected chi connectivity index (χ2v) is 4.56. The van der Waals surface area contributed by atoms with E-state index in [-0.39, 0.29) is 11.0 Å². The molecular formula is C5H4Cl2O3S. The minimum atomic E-state index is -3.75. The molecule has 0 saturated heterocycles. The highest BCUT2D eigenvalue weighted by Crippen LogP contribution is 2.18. The fourth-order valence-electron chi connectivity index (χ4n) is 0.561. The number of halogens is 2. The van der Waals surface area contributed by atoms with Gasteiger partial charge in [-0.15, -0.1) is 11.6 Å². The summed E-state index contributed by atoms with van der Waals surface area (Å²) in [6, 6.07) is 2.72. The van der Waals surface area contributed by atoms with Crippen LogP contribution in [0.15, 0.2) is 21.6 Å². The van der Waals surface area contributed by atoms with Gasteiger partial charge in [-0.05, 0) is 12.1 Å². The standard InChI is InChI=1S/C5H4Cl2O3S/c6-3-4-1-2-5(10-4)11(7,8)9/h1-2H,3H2. The van der Waals surface area contributed by atoms with Crippen LogP contribution in [-0.4, -0.2) is 8.42 Å². The Balaban J connectivity index is 3.09. The van der Waals surface area contributed by atoms with Gasteiger partial charge in [0.15, 0.2) is 0 Å². The lowest BCUT2D eigenvalue weighted by molar-refractivity contribution is 0.429. The van der Waals surface area contributed by atoms with Crippen LogP contribution in [0.25, 0.3) is 0 Å². The van der Waals surface area contributed by atoms with E-state index in [9.17, 15) is 8.42 Å². The Morgan fingerprint density at radius 3 is 2.36 bits per heavy atom. The van der Waals surface area contributed by atoms with Crippen molar-refractivity contribution in [2.45, 2.75) is 11.0 Å². The van der Waals surface area contributed by atoms with E-state index in [0.29, 0.717) is 5.76 Å². The van der Waals surface area contributed by atoms with Crippen molar-refractivity contribution in [2.75, 3.05) is 0 Å². The van der Waals surface area contributed by atoms with E-state index >= 15 is 0 Å². The van der Waals surface area contributed by atoms with E-state index in [1.165, 1.54) is 12.1 Å². The molecule has 6 heteroatoms. The monoisotopic (exact) mass is 214 g/mol. The first-order chi connectivity index (χ1) is 5.04. The summed E-state index contributed by atoms with van der Waals surface area (Å²) in [4.78, 5) is 0. The molecule has 1 heterocycles. The third kappa shape index (κ3) is 2.12. The van der Waals surface area contributed by atoms with Crippen LogP contribution in [-0.2, 0) is 14.9 Å². The van der Waals surface area contributed by atoms with Crippen molar-refractivity contribution in [1.29, 1.82) is 0 Å². The van der Waals surface area contributed by atoms with Gasteiger partial charge in [-0.25, -0.2) is 8.42 Å². The van der Waals surface area contributed by atoms with Crippen molar-refractivity contribution in [1.82, 2.24) is 0 Å². The van der Waals surface area contributed by atoms with Gasteiger partial charge in [-0.1, -0.05) is 0 Å². The van der Waals surface area contributed by atoms with Gasteiger partial charge in [-0.2, -0.15) is 0 Å². The molecule has 0 radical (unpaired) electrons. The molecule has 1 aromatic rings. The highest BCUT2D eigenvalue weighted by atomic mass is 35.7. The highest BCUT2D eigenvalue weighted by molar-refractivity contribution is 8.13. The maximum atomic E-state index is 10.6. The number of hydrogen-bond donors (Lipinski definition) is 0. The molecule has 1 rings (SSSR count). The van der Waals surface area contributed by atoms with Crippen molar-refractivity contribution in [3.63, 3.8) is 0 Å². The third-order valence-electron chi connectivity index (χ3n) is 1.01. The summed E-state index contributed by atoms with van der Waals surface area (Å²) >= 11 is 5.36. The van der Waals surface area contributed by atoms with E-state index in [1.807, 2.05) is 0 Å². The van der Waals surface area contributed by atoms with Crippen LogP contribution >= 0.6 is 22.3 Å². The first-order valence-electron chi connectivity index (χ1n) is 2.63. The van der Waals surface area contributed by atoms with E-state index in [0.717, 1.165) is 0 Å². The molecule has 0 aliphatic rings.